The quantitative estimate of drug-likeness (QED) is 0.726. The minimum absolute atomic E-state index is 0. The van der Waals surface area contributed by atoms with Crippen LogP contribution in [0.4, 0.5) is 0 Å². The molecule has 1 saturated heterocycles. The molecule has 0 amide bonds. The van der Waals surface area contributed by atoms with Gasteiger partial charge in [0.15, 0.2) is 0 Å². The van der Waals surface area contributed by atoms with Crippen molar-refractivity contribution in [3.63, 3.8) is 0 Å². The molecule has 2 atom stereocenters. The van der Waals surface area contributed by atoms with E-state index in [1.54, 1.807) is 0 Å². The molecule has 3 nitrogen and oxygen atoms in total. The van der Waals surface area contributed by atoms with Crippen LogP contribution in [0.2, 0.25) is 5.02 Å². The summed E-state index contributed by atoms with van der Waals surface area (Å²) in [5.74, 6) is 0.106. The van der Waals surface area contributed by atoms with E-state index < -0.39 is 5.60 Å². The summed E-state index contributed by atoms with van der Waals surface area (Å²) in [4.78, 5) is 2.46. The fraction of sp³-hybridized carbons (Fsp3) is 0.667. The first-order valence-corrected chi connectivity index (χ1v) is 8.87. The van der Waals surface area contributed by atoms with Gasteiger partial charge in [-0.1, -0.05) is 44.0 Å². The van der Waals surface area contributed by atoms with Gasteiger partial charge in [-0.3, -0.25) is 0 Å². The molecule has 0 saturated carbocycles. The van der Waals surface area contributed by atoms with E-state index in [0.717, 1.165) is 62.6 Å². The van der Waals surface area contributed by atoms with E-state index in [1.807, 2.05) is 18.2 Å². The summed E-state index contributed by atoms with van der Waals surface area (Å²) in [6.07, 6.45) is 2.58. The predicted octanol–water partition coefficient (Wildman–Crippen LogP) is 4.11. The summed E-state index contributed by atoms with van der Waals surface area (Å²) in [5.41, 5.74) is 0.494. The number of benzene rings is 1. The summed E-state index contributed by atoms with van der Waals surface area (Å²) in [7, 11) is 0. The number of piperazine rings is 1. The third-order valence-electron chi connectivity index (χ3n) is 4.85. The molecule has 0 radical (unpaired) electrons. The van der Waals surface area contributed by atoms with Crippen LogP contribution in [0.5, 0.6) is 0 Å². The fourth-order valence-corrected chi connectivity index (χ4v) is 3.69. The van der Waals surface area contributed by atoms with Crippen LogP contribution < -0.4 is 5.32 Å². The van der Waals surface area contributed by atoms with Crippen molar-refractivity contribution < 1.29 is 5.11 Å². The van der Waals surface area contributed by atoms with Gasteiger partial charge in [0.2, 0.25) is 0 Å². The van der Waals surface area contributed by atoms with Crippen LogP contribution in [0.15, 0.2) is 24.3 Å². The number of hydrogen-bond acceptors (Lipinski definition) is 3. The molecule has 1 heterocycles. The number of nitrogens with zero attached hydrogens (tertiary/aromatic N) is 1. The normalized spacial score (nSPS) is 18.8. The van der Waals surface area contributed by atoms with Crippen molar-refractivity contribution in [2.75, 3.05) is 32.7 Å². The SMILES string of the molecule is CCCC(O)(CC)C(CN1CCNCC1)c1cccc(Cl)c1.Cl.Cl. The summed E-state index contributed by atoms with van der Waals surface area (Å²) in [6, 6.07) is 8.02. The predicted molar refractivity (Wildman–Crippen MR) is 108 cm³/mol. The lowest BCUT2D eigenvalue weighted by Gasteiger charge is -2.40. The second-order valence-corrected chi connectivity index (χ2v) is 6.80. The van der Waals surface area contributed by atoms with Gasteiger partial charge in [-0.15, -0.1) is 24.8 Å². The van der Waals surface area contributed by atoms with Gasteiger partial charge in [0, 0.05) is 43.7 Å². The Kier molecular flexibility index (Phi) is 11.5. The Balaban J connectivity index is 0.00000264. The smallest absolute Gasteiger partial charge is 0.0725 e. The Morgan fingerprint density at radius 2 is 1.92 bits per heavy atom. The van der Waals surface area contributed by atoms with Gasteiger partial charge < -0.3 is 15.3 Å². The molecule has 1 aliphatic heterocycles. The minimum Gasteiger partial charge on any atom is -0.389 e. The zero-order valence-electron chi connectivity index (χ0n) is 14.6. The summed E-state index contributed by atoms with van der Waals surface area (Å²) >= 11 is 6.20. The van der Waals surface area contributed by atoms with Gasteiger partial charge in [-0.05, 0) is 30.5 Å². The lowest BCUT2D eigenvalue weighted by molar-refractivity contribution is -0.0128. The van der Waals surface area contributed by atoms with Gasteiger partial charge in [0.05, 0.1) is 5.60 Å². The van der Waals surface area contributed by atoms with Crippen LogP contribution in [0.3, 0.4) is 0 Å². The fourth-order valence-electron chi connectivity index (χ4n) is 3.49. The molecule has 0 aliphatic carbocycles. The molecule has 0 aromatic heterocycles. The Morgan fingerprint density at radius 3 is 2.46 bits per heavy atom. The Bertz CT molecular complexity index is 469. The highest BCUT2D eigenvalue weighted by molar-refractivity contribution is 6.30. The zero-order valence-corrected chi connectivity index (χ0v) is 17.0. The van der Waals surface area contributed by atoms with Crippen LogP contribution in [-0.2, 0) is 0 Å². The second kappa shape index (κ2) is 11.6. The topological polar surface area (TPSA) is 35.5 Å². The van der Waals surface area contributed by atoms with E-state index in [-0.39, 0.29) is 30.7 Å². The van der Waals surface area contributed by atoms with E-state index in [0.29, 0.717) is 0 Å². The average Bonchev–Trinajstić information content (AvgIpc) is 2.53. The highest BCUT2D eigenvalue weighted by Crippen LogP contribution is 2.36. The van der Waals surface area contributed by atoms with Crippen molar-refractivity contribution in [1.29, 1.82) is 0 Å². The number of nitrogens with one attached hydrogen (secondary N) is 1. The molecule has 24 heavy (non-hydrogen) atoms. The van der Waals surface area contributed by atoms with Crippen molar-refractivity contribution in [3.05, 3.63) is 34.9 Å². The third-order valence-corrected chi connectivity index (χ3v) is 5.08. The molecule has 0 bridgehead atoms. The van der Waals surface area contributed by atoms with Gasteiger partial charge in [0.25, 0.3) is 0 Å². The summed E-state index contributed by atoms with van der Waals surface area (Å²) in [5, 5.41) is 15.4. The minimum atomic E-state index is -0.662. The number of rotatable bonds is 7. The monoisotopic (exact) mass is 396 g/mol. The Hall–Kier alpha value is -0.0300. The second-order valence-electron chi connectivity index (χ2n) is 6.37. The molecule has 2 rings (SSSR count). The molecule has 1 fully saturated rings. The van der Waals surface area contributed by atoms with Crippen LogP contribution in [0.1, 0.15) is 44.6 Å². The Labute approximate surface area is 164 Å². The maximum atomic E-state index is 11.3. The number of aliphatic hydroxyl groups is 1. The molecule has 1 aromatic carbocycles. The highest BCUT2D eigenvalue weighted by atomic mass is 35.5. The van der Waals surface area contributed by atoms with Crippen molar-refractivity contribution in [3.8, 4) is 0 Å². The lowest BCUT2D eigenvalue weighted by atomic mass is 9.77. The van der Waals surface area contributed by atoms with Crippen LogP contribution >= 0.6 is 36.4 Å². The first-order valence-electron chi connectivity index (χ1n) is 8.50. The van der Waals surface area contributed by atoms with Crippen molar-refractivity contribution in [1.82, 2.24) is 10.2 Å². The molecule has 140 valence electrons. The highest BCUT2D eigenvalue weighted by Gasteiger charge is 2.36. The van der Waals surface area contributed by atoms with Crippen LogP contribution in [-0.4, -0.2) is 48.3 Å². The molecule has 0 spiro atoms. The molecule has 1 aliphatic rings. The summed E-state index contributed by atoms with van der Waals surface area (Å²) < 4.78 is 0. The average molecular weight is 398 g/mol. The van der Waals surface area contributed by atoms with Crippen LogP contribution in [0, 0.1) is 0 Å². The lowest BCUT2D eigenvalue weighted by Crippen LogP contribution is -2.49. The van der Waals surface area contributed by atoms with Gasteiger partial charge in [-0.25, -0.2) is 0 Å². The number of halogens is 3. The molecule has 2 N–H and O–H groups in total. The Morgan fingerprint density at radius 1 is 1.25 bits per heavy atom. The molecule has 1 aromatic rings. The van der Waals surface area contributed by atoms with E-state index in [1.165, 1.54) is 0 Å². The van der Waals surface area contributed by atoms with E-state index >= 15 is 0 Å². The maximum Gasteiger partial charge on any atom is 0.0725 e. The van der Waals surface area contributed by atoms with Gasteiger partial charge >= 0.3 is 0 Å². The first-order chi connectivity index (χ1) is 10.6. The molecule has 2 unspecified atom stereocenters. The zero-order chi connectivity index (χ0) is 16.0. The first kappa shape index (κ1) is 24.0. The van der Waals surface area contributed by atoms with Crippen molar-refractivity contribution >= 4 is 36.4 Å². The van der Waals surface area contributed by atoms with Crippen molar-refractivity contribution in [2.24, 2.45) is 0 Å². The van der Waals surface area contributed by atoms with Crippen molar-refractivity contribution in [2.45, 2.75) is 44.6 Å². The largest absolute Gasteiger partial charge is 0.389 e. The molecular formula is C18H31Cl3N2O. The van der Waals surface area contributed by atoms with Crippen LogP contribution in [0.25, 0.3) is 0 Å². The molecular weight excluding hydrogens is 367 g/mol. The third kappa shape index (κ3) is 6.36. The maximum absolute atomic E-state index is 11.3. The van der Waals surface area contributed by atoms with E-state index in [9.17, 15) is 5.11 Å². The van der Waals surface area contributed by atoms with Gasteiger partial charge in [0.1, 0.15) is 0 Å². The standard InChI is InChI=1S/C18H29ClN2O.2ClH/c1-3-8-18(22,4-2)17(14-21-11-9-20-10-12-21)15-6-5-7-16(19)13-15;;/h5-7,13,17,20,22H,3-4,8-12,14H2,1-2H3;2*1H. The van der Waals surface area contributed by atoms with Gasteiger partial charge in [-0.2, -0.15) is 0 Å². The van der Waals surface area contributed by atoms with E-state index in [2.05, 4.69) is 30.1 Å². The molecule has 6 heteroatoms. The number of hydrogen-bond donors (Lipinski definition) is 2. The summed E-state index contributed by atoms with van der Waals surface area (Å²) in [6.45, 7) is 9.27. The van der Waals surface area contributed by atoms with E-state index in [4.69, 9.17) is 11.6 Å².